The van der Waals surface area contributed by atoms with Crippen molar-refractivity contribution in [2.45, 2.75) is 19.8 Å². The molecule has 0 radical (unpaired) electrons. The average Bonchev–Trinajstić information content (AvgIpc) is 2.92. The number of hydrogen-bond donors (Lipinski definition) is 0. The van der Waals surface area contributed by atoms with E-state index in [1.165, 1.54) is 0 Å². The van der Waals surface area contributed by atoms with Crippen LogP contribution in [0.25, 0.3) is 16.9 Å². The van der Waals surface area contributed by atoms with Crippen LogP contribution in [-0.4, -0.2) is 16.5 Å². The summed E-state index contributed by atoms with van der Waals surface area (Å²) < 4.78 is 7.10. The van der Waals surface area contributed by atoms with Gasteiger partial charge in [0, 0.05) is 11.8 Å². The summed E-state index contributed by atoms with van der Waals surface area (Å²) in [5.74, 6) is 1.46. The molecule has 5 heteroatoms. The Hall–Kier alpha value is -2.69. The second-order valence-electron chi connectivity index (χ2n) is 5.42. The number of methoxy groups -OCH3 is 1. The highest BCUT2D eigenvalue weighted by atomic mass is 16.5. The molecular weight excluding hydrogens is 278 g/mol. The molecule has 3 aromatic rings. The van der Waals surface area contributed by atoms with Crippen LogP contribution in [0.15, 0.2) is 47.8 Å². The lowest BCUT2D eigenvalue weighted by Gasteiger charge is -2.12. The van der Waals surface area contributed by atoms with Crippen LogP contribution < -0.4 is 4.74 Å². The van der Waals surface area contributed by atoms with E-state index in [1.807, 2.05) is 36.4 Å². The zero-order chi connectivity index (χ0) is 15.7. The topological polar surface area (TPSA) is 56.0 Å². The van der Waals surface area contributed by atoms with Crippen LogP contribution in [-0.2, 0) is 0 Å². The molecule has 0 saturated carbocycles. The molecule has 0 aliphatic rings. The molecule has 0 amide bonds. The molecule has 0 atom stereocenters. The van der Waals surface area contributed by atoms with Gasteiger partial charge >= 0.3 is 0 Å². The number of ether oxygens (including phenoxy) is 1. The summed E-state index contributed by atoms with van der Waals surface area (Å²) in [6.07, 6.45) is 1.79. The first kappa shape index (κ1) is 14.3. The zero-order valence-corrected chi connectivity index (χ0v) is 12.8. The van der Waals surface area contributed by atoms with E-state index < -0.39 is 0 Å². The highest BCUT2D eigenvalue weighted by Crippen LogP contribution is 2.35. The Kier molecular flexibility index (Phi) is 3.63. The first-order chi connectivity index (χ1) is 10.7. The second kappa shape index (κ2) is 5.60. The summed E-state index contributed by atoms with van der Waals surface area (Å²) in [5, 5.41) is 3.17. The molecule has 0 unspecified atom stereocenters. The molecule has 5 nitrogen and oxygen atoms in total. The first-order valence-electron chi connectivity index (χ1n) is 7.14. The Morgan fingerprint density at radius 1 is 1.23 bits per heavy atom. The fourth-order valence-corrected chi connectivity index (χ4v) is 2.60. The molecule has 0 spiro atoms. The molecule has 0 bridgehead atoms. The maximum absolute atomic E-state index is 11.3. The van der Waals surface area contributed by atoms with Crippen LogP contribution in [0.2, 0.25) is 0 Å². The van der Waals surface area contributed by atoms with Crippen molar-refractivity contribution in [1.82, 2.24) is 9.38 Å². The number of aromatic nitrogens is 2. The Labute approximate surface area is 128 Å². The number of hydrogen-bond acceptors (Lipinski definition) is 4. The van der Waals surface area contributed by atoms with Gasteiger partial charge in [-0.1, -0.05) is 19.9 Å². The predicted octanol–water partition coefficient (Wildman–Crippen LogP) is 4.53. The third kappa shape index (κ3) is 2.24. The van der Waals surface area contributed by atoms with Gasteiger partial charge in [0.25, 0.3) is 0 Å². The van der Waals surface area contributed by atoms with Gasteiger partial charge in [-0.05, 0) is 47.0 Å². The molecule has 0 N–H and O–H groups in total. The van der Waals surface area contributed by atoms with Gasteiger partial charge in [-0.15, -0.1) is 4.91 Å². The molecule has 112 valence electrons. The van der Waals surface area contributed by atoms with Crippen LogP contribution in [0.5, 0.6) is 5.75 Å². The molecule has 2 heterocycles. The quantitative estimate of drug-likeness (QED) is 0.664. The van der Waals surface area contributed by atoms with Crippen LogP contribution in [0.1, 0.15) is 25.3 Å². The highest BCUT2D eigenvalue weighted by Gasteiger charge is 2.17. The minimum absolute atomic E-state index is 0.305. The maximum atomic E-state index is 11.3. The van der Waals surface area contributed by atoms with E-state index in [0.717, 1.165) is 16.9 Å². The molecule has 2 aromatic heterocycles. The van der Waals surface area contributed by atoms with Crippen molar-refractivity contribution in [3.63, 3.8) is 0 Å². The van der Waals surface area contributed by atoms with Gasteiger partial charge in [0.05, 0.1) is 7.11 Å². The number of pyridine rings is 1. The molecule has 0 aliphatic carbocycles. The lowest BCUT2D eigenvalue weighted by atomic mass is 9.98. The van der Waals surface area contributed by atoms with Crippen LogP contribution >= 0.6 is 0 Å². The number of nitroso groups, excluding NO2 is 1. The molecule has 1 aromatic carbocycles. The fraction of sp³-hybridized carbons (Fsp3) is 0.235. The summed E-state index contributed by atoms with van der Waals surface area (Å²) in [6.45, 7) is 4.20. The van der Waals surface area contributed by atoms with Gasteiger partial charge in [0.2, 0.25) is 5.82 Å². The molecule has 0 saturated heterocycles. The minimum atomic E-state index is 0.305. The Balaban J connectivity index is 2.23. The lowest BCUT2D eigenvalue weighted by Crippen LogP contribution is -1.95. The molecular formula is C17H17N3O2. The summed E-state index contributed by atoms with van der Waals surface area (Å²) in [5.41, 5.74) is 3.23. The first-order valence-corrected chi connectivity index (χ1v) is 7.14. The smallest absolute Gasteiger partial charge is 0.209 e. The second-order valence-corrected chi connectivity index (χ2v) is 5.42. The number of benzene rings is 1. The molecule has 3 rings (SSSR count). The van der Waals surface area contributed by atoms with Crippen molar-refractivity contribution in [1.29, 1.82) is 0 Å². The average molecular weight is 295 g/mol. The van der Waals surface area contributed by atoms with E-state index in [1.54, 1.807) is 17.7 Å². The maximum Gasteiger partial charge on any atom is 0.209 e. The van der Waals surface area contributed by atoms with Crippen molar-refractivity contribution in [3.8, 4) is 17.0 Å². The van der Waals surface area contributed by atoms with Crippen molar-refractivity contribution in [2.24, 2.45) is 5.18 Å². The van der Waals surface area contributed by atoms with Gasteiger partial charge in [-0.25, -0.2) is 4.98 Å². The monoisotopic (exact) mass is 295 g/mol. The van der Waals surface area contributed by atoms with Crippen LogP contribution in [0.4, 0.5) is 5.82 Å². The summed E-state index contributed by atoms with van der Waals surface area (Å²) in [4.78, 5) is 15.8. The predicted molar refractivity (Wildman–Crippen MR) is 86.7 cm³/mol. The third-order valence-corrected chi connectivity index (χ3v) is 3.72. The number of nitrogens with zero attached hydrogens (tertiary/aromatic N) is 3. The number of rotatable bonds is 4. The van der Waals surface area contributed by atoms with Gasteiger partial charge in [-0.2, -0.15) is 0 Å². The Morgan fingerprint density at radius 2 is 2.05 bits per heavy atom. The Morgan fingerprint density at radius 3 is 2.73 bits per heavy atom. The summed E-state index contributed by atoms with van der Waals surface area (Å²) >= 11 is 0. The van der Waals surface area contributed by atoms with E-state index in [9.17, 15) is 4.91 Å². The SMILES string of the molecule is COc1ccc(-c2nc3ccccn3c2N=O)cc1C(C)C. The van der Waals surface area contributed by atoms with Crippen molar-refractivity contribution >= 4 is 11.5 Å². The van der Waals surface area contributed by atoms with Crippen LogP contribution in [0.3, 0.4) is 0 Å². The van der Waals surface area contributed by atoms with Gasteiger partial charge in [0.1, 0.15) is 17.1 Å². The number of imidazole rings is 1. The zero-order valence-electron chi connectivity index (χ0n) is 12.8. The lowest BCUT2D eigenvalue weighted by molar-refractivity contribution is 0.407. The van der Waals surface area contributed by atoms with Crippen molar-refractivity contribution < 1.29 is 4.74 Å². The van der Waals surface area contributed by atoms with E-state index in [2.05, 4.69) is 24.0 Å². The minimum Gasteiger partial charge on any atom is -0.496 e. The van der Waals surface area contributed by atoms with E-state index in [-0.39, 0.29) is 0 Å². The third-order valence-electron chi connectivity index (χ3n) is 3.72. The van der Waals surface area contributed by atoms with Crippen LogP contribution in [0, 0.1) is 4.91 Å². The molecule has 0 fully saturated rings. The van der Waals surface area contributed by atoms with Crippen molar-refractivity contribution in [2.75, 3.05) is 7.11 Å². The van der Waals surface area contributed by atoms with Crippen molar-refractivity contribution in [3.05, 3.63) is 53.1 Å². The Bertz CT molecular complexity index is 837. The molecule has 22 heavy (non-hydrogen) atoms. The van der Waals surface area contributed by atoms with Gasteiger partial charge in [0.15, 0.2) is 0 Å². The fourth-order valence-electron chi connectivity index (χ4n) is 2.60. The summed E-state index contributed by atoms with van der Waals surface area (Å²) in [6, 6.07) is 11.4. The molecule has 0 aliphatic heterocycles. The van der Waals surface area contributed by atoms with E-state index >= 15 is 0 Å². The van der Waals surface area contributed by atoms with E-state index in [0.29, 0.717) is 23.1 Å². The largest absolute Gasteiger partial charge is 0.496 e. The number of fused-ring (bicyclic) bond motifs is 1. The normalized spacial score (nSPS) is 11.1. The highest BCUT2D eigenvalue weighted by molar-refractivity contribution is 5.75. The van der Waals surface area contributed by atoms with Gasteiger partial charge < -0.3 is 4.74 Å². The summed E-state index contributed by atoms with van der Waals surface area (Å²) in [7, 11) is 1.66. The van der Waals surface area contributed by atoms with Gasteiger partial charge in [-0.3, -0.25) is 4.40 Å². The van der Waals surface area contributed by atoms with E-state index in [4.69, 9.17) is 4.74 Å². The standard InChI is InChI=1S/C17H17N3O2/c1-11(2)13-10-12(7-8-14(13)22-3)16-17(19-21)20-9-5-4-6-15(20)18-16/h4-11H,1-3H3.